The van der Waals surface area contributed by atoms with Crippen LogP contribution in [0.25, 0.3) is 0 Å². The molecular weight excluding hydrogens is 285 g/mol. The largest absolute Gasteiger partial charge is 0.497 e. The monoisotopic (exact) mass is 301 g/mol. The van der Waals surface area contributed by atoms with Crippen LogP contribution in [0.2, 0.25) is 0 Å². The predicted octanol–water partition coefficient (Wildman–Crippen LogP) is 1.77. The lowest BCUT2D eigenvalue weighted by Gasteiger charge is -2.14. The van der Waals surface area contributed by atoms with Gasteiger partial charge in [0.1, 0.15) is 17.6 Å². The summed E-state index contributed by atoms with van der Waals surface area (Å²) in [5.74, 6) is -1.77. The second kappa shape index (κ2) is 7.74. The van der Waals surface area contributed by atoms with Gasteiger partial charge in [-0.3, -0.25) is 4.79 Å². The SMILES string of the molecule is COc1ccc(C(=O)N[C@H](CCSC)C(=O)O)c(F)c1. The molecule has 1 aromatic carbocycles. The van der Waals surface area contributed by atoms with Crippen LogP contribution >= 0.6 is 11.8 Å². The molecule has 1 amide bonds. The smallest absolute Gasteiger partial charge is 0.326 e. The second-order valence-electron chi connectivity index (χ2n) is 3.99. The Hall–Kier alpha value is -1.76. The molecule has 20 heavy (non-hydrogen) atoms. The van der Waals surface area contributed by atoms with Gasteiger partial charge in [-0.1, -0.05) is 0 Å². The minimum atomic E-state index is -1.14. The van der Waals surface area contributed by atoms with E-state index < -0.39 is 23.7 Å². The minimum absolute atomic E-state index is 0.207. The molecule has 7 heteroatoms. The van der Waals surface area contributed by atoms with E-state index in [1.54, 1.807) is 0 Å². The van der Waals surface area contributed by atoms with E-state index in [1.807, 2.05) is 6.26 Å². The molecule has 0 aliphatic heterocycles. The Morgan fingerprint density at radius 3 is 2.70 bits per heavy atom. The van der Waals surface area contributed by atoms with E-state index in [2.05, 4.69) is 5.32 Å². The van der Waals surface area contributed by atoms with E-state index in [9.17, 15) is 14.0 Å². The van der Waals surface area contributed by atoms with Crippen molar-refractivity contribution in [1.29, 1.82) is 0 Å². The number of aliphatic carboxylic acids is 1. The third-order valence-corrected chi connectivity index (χ3v) is 3.28. The normalized spacial score (nSPS) is 11.8. The van der Waals surface area contributed by atoms with Gasteiger partial charge < -0.3 is 15.2 Å². The molecule has 0 heterocycles. The van der Waals surface area contributed by atoms with Crippen LogP contribution in [-0.2, 0) is 4.79 Å². The van der Waals surface area contributed by atoms with Crippen LogP contribution in [0.15, 0.2) is 18.2 Å². The predicted molar refractivity (Wildman–Crippen MR) is 74.8 cm³/mol. The Bertz CT molecular complexity index is 495. The summed E-state index contributed by atoms with van der Waals surface area (Å²) in [6, 6.07) is 2.75. The first-order valence-electron chi connectivity index (χ1n) is 5.85. The number of carbonyl (C=O) groups is 2. The van der Waals surface area contributed by atoms with Crippen molar-refractivity contribution in [2.45, 2.75) is 12.5 Å². The minimum Gasteiger partial charge on any atom is -0.497 e. The highest BCUT2D eigenvalue weighted by atomic mass is 32.2. The topological polar surface area (TPSA) is 75.6 Å². The maximum absolute atomic E-state index is 13.7. The van der Waals surface area contributed by atoms with Crippen molar-refractivity contribution in [3.63, 3.8) is 0 Å². The van der Waals surface area contributed by atoms with E-state index in [-0.39, 0.29) is 17.7 Å². The van der Waals surface area contributed by atoms with Gasteiger partial charge in [0, 0.05) is 6.07 Å². The Balaban J connectivity index is 2.80. The number of carboxylic acids is 1. The number of rotatable bonds is 7. The number of halogens is 1. The van der Waals surface area contributed by atoms with Gasteiger partial charge in [-0.2, -0.15) is 11.8 Å². The molecule has 0 aliphatic carbocycles. The van der Waals surface area contributed by atoms with Crippen molar-refractivity contribution in [1.82, 2.24) is 5.32 Å². The fourth-order valence-corrected chi connectivity index (χ4v) is 2.01. The number of thioether (sulfide) groups is 1. The number of carbonyl (C=O) groups excluding carboxylic acids is 1. The molecular formula is C13H16FNO4S. The summed E-state index contributed by atoms with van der Waals surface area (Å²) in [5.41, 5.74) is -0.207. The van der Waals surface area contributed by atoms with Crippen LogP contribution in [0.4, 0.5) is 4.39 Å². The van der Waals surface area contributed by atoms with Crippen LogP contribution in [0, 0.1) is 5.82 Å². The first kappa shape index (κ1) is 16.3. The molecule has 0 radical (unpaired) electrons. The van der Waals surface area contributed by atoms with Crippen molar-refractivity contribution in [2.24, 2.45) is 0 Å². The van der Waals surface area contributed by atoms with Crippen molar-refractivity contribution in [3.05, 3.63) is 29.6 Å². The fraction of sp³-hybridized carbons (Fsp3) is 0.385. The number of hydrogen-bond donors (Lipinski definition) is 2. The molecule has 1 atom stereocenters. The Kier molecular flexibility index (Phi) is 6.30. The number of amides is 1. The second-order valence-corrected chi connectivity index (χ2v) is 4.98. The highest BCUT2D eigenvalue weighted by Gasteiger charge is 2.22. The average molecular weight is 301 g/mol. The van der Waals surface area contributed by atoms with E-state index in [0.717, 1.165) is 6.07 Å². The summed E-state index contributed by atoms with van der Waals surface area (Å²) in [6.07, 6.45) is 2.11. The third kappa shape index (κ3) is 4.41. The van der Waals surface area contributed by atoms with Gasteiger partial charge in [0.2, 0.25) is 0 Å². The van der Waals surface area contributed by atoms with Crippen LogP contribution in [0.3, 0.4) is 0 Å². The molecule has 0 unspecified atom stereocenters. The number of methoxy groups -OCH3 is 1. The van der Waals surface area contributed by atoms with Gasteiger partial charge >= 0.3 is 5.97 Å². The summed E-state index contributed by atoms with van der Waals surface area (Å²) < 4.78 is 18.5. The quantitative estimate of drug-likeness (QED) is 0.803. The van der Waals surface area contributed by atoms with Crippen molar-refractivity contribution in [2.75, 3.05) is 19.1 Å². The molecule has 1 rings (SSSR count). The molecule has 0 fully saturated rings. The zero-order valence-electron chi connectivity index (χ0n) is 11.2. The molecule has 0 aliphatic rings. The average Bonchev–Trinajstić information content (AvgIpc) is 2.42. The molecule has 0 spiro atoms. The molecule has 1 aromatic rings. The molecule has 0 saturated carbocycles. The summed E-state index contributed by atoms with van der Waals surface area (Å²) in [5, 5.41) is 11.3. The molecule has 2 N–H and O–H groups in total. The van der Waals surface area contributed by atoms with Crippen molar-refractivity contribution >= 4 is 23.6 Å². The van der Waals surface area contributed by atoms with Gasteiger partial charge in [0.25, 0.3) is 5.91 Å². The first-order valence-corrected chi connectivity index (χ1v) is 7.25. The lowest BCUT2D eigenvalue weighted by molar-refractivity contribution is -0.139. The first-order chi connectivity index (χ1) is 9.49. The van der Waals surface area contributed by atoms with Crippen molar-refractivity contribution < 1.29 is 23.8 Å². The van der Waals surface area contributed by atoms with E-state index in [4.69, 9.17) is 9.84 Å². The Morgan fingerprint density at radius 2 is 2.20 bits per heavy atom. The number of carboxylic acid groups (broad SMARTS) is 1. The van der Waals surface area contributed by atoms with Gasteiger partial charge in [0.15, 0.2) is 0 Å². The number of ether oxygens (including phenoxy) is 1. The highest BCUT2D eigenvalue weighted by Crippen LogP contribution is 2.16. The summed E-state index contributed by atoms with van der Waals surface area (Å²) in [4.78, 5) is 22.9. The zero-order valence-corrected chi connectivity index (χ0v) is 12.0. The number of benzene rings is 1. The molecule has 0 bridgehead atoms. The molecule has 5 nitrogen and oxygen atoms in total. The maximum Gasteiger partial charge on any atom is 0.326 e. The highest BCUT2D eigenvalue weighted by molar-refractivity contribution is 7.98. The molecule has 0 saturated heterocycles. The van der Waals surface area contributed by atoms with Crippen LogP contribution in [0.1, 0.15) is 16.8 Å². The summed E-state index contributed by atoms with van der Waals surface area (Å²) in [7, 11) is 1.39. The van der Waals surface area contributed by atoms with Gasteiger partial charge in [-0.05, 0) is 30.6 Å². The van der Waals surface area contributed by atoms with Crippen molar-refractivity contribution in [3.8, 4) is 5.75 Å². The summed E-state index contributed by atoms with van der Waals surface area (Å²) in [6.45, 7) is 0. The zero-order chi connectivity index (χ0) is 15.1. The van der Waals surface area contributed by atoms with E-state index in [0.29, 0.717) is 5.75 Å². The molecule has 110 valence electrons. The van der Waals surface area contributed by atoms with Crippen LogP contribution in [0.5, 0.6) is 5.75 Å². The van der Waals surface area contributed by atoms with Crippen LogP contribution < -0.4 is 10.1 Å². The van der Waals surface area contributed by atoms with Gasteiger partial charge in [-0.15, -0.1) is 0 Å². The number of hydrogen-bond acceptors (Lipinski definition) is 4. The van der Waals surface area contributed by atoms with E-state index in [1.165, 1.54) is 31.0 Å². The molecule has 0 aromatic heterocycles. The number of nitrogens with one attached hydrogen (secondary N) is 1. The van der Waals surface area contributed by atoms with Gasteiger partial charge in [0.05, 0.1) is 12.7 Å². The lowest BCUT2D eigenvalue weighted by atomic mass is 10.1. The Labute approximate surface area is 120 Å². The van der Waals surface area contributed by atoms with Crippen LogP contribution in [-0.4, -0.2) is 42.1 Å². The third-order valence-electron chi connectivity index (χ3n) is 2.63. The lowest BCUT2D eigenvalue weighted by Crippen LogP contribution is -2.41. The standard InChI is InChI=1S/C13H16FNO4S/c1-19-8-3-4-9(10(14)7-8)12(16)15-11(13(17)18)5-6-20-2/h3-4,7,11H,5-6H2,1-2H3,(H,15,16)(H,17,18)/t11-/m1/s1. The maximum atomic E-state index is 13.7. The van der Waals surface area contributed by atoms with E-state index >= 15 is 0 Å². The Morgan fingerprint density at radius 1 is 1.50 bits per heavy atom. The fourth-order valence-electron chi connectivity index (χ4n) is 1.54. The van der Waals surface area contributed by atoms with Gasteiger partial charge in [-0.25, -0.2) is 9.18 Å². The summed E-state index contributed by atoms with van der Waals surface area (Å²) >= 11 is 1.47.